The zero-order valence-corrected chi connectivity index (χ0v) is 17.8. The van der Waals surface area contributed by atoms with Crippen molar-refractivity contribution < 1.29 is 27.5 Å². The Labute approximate surface area is 170 Å². The Kier molecular flexibility index (Phi) is 9.05. The average molecular weight is 429 g/mol. The molecule has 10 nitrogen and oxygen atoms in total. The van der Waals surface area contributed by atoms with Crippen LogP contribution in [0.15, 0.2) is 29.2 Å². The van der Waals surface area contributed by atoms with Gasteiger partial charge in [0, 0.05) is 38.7 Å². The molecule has 0 saturated carbocycles. The Bertz CT molecular complexity index is 816. The highest BCUT2D eigenvalue weighted by Gasteiger charge is 2.16. The minimum absolute atomic E-state index is 0.00101. The quantitative estimate of drug-likeness (QED) is 0.431. The number of alkyl carbamates (subject to hydrolysis) is 1. The van der Waals surface area contributed by atoms with Crippen LogP contribution in [-0.2, 0) is 24.3 Å². The molecule has 4 N–H and O–H groups in total. The second-order valence-electron chi connectivity index (χ2n) is 7.13. The van der Waals surface area contributed by atoms with Crippen molar-refractivity contribution in [2.45, 2.75) is 44.6 Å². The first-order chi connectivity index (χ1) is 13.4. The maximum atomic E-state index is 12.2. The van der Waals surface area contributed by atoms with Crippen LogP contribution in [0.25, 0.3) is 0 Å². The van der Waals surface area contributed by atoms with Gasteiger partial charge in [0.25, 0.3) is 0 Å². The zero-order chi connectivity index (χ0) is 22.1. The fourth-order valence-electron chi connectivity index (χ4n) is 2.07. The Balaban J connectivity index is 2.31. The number of amides is 3. The molecule has 0 radical (unpaired) electrons. The average Bonchev–Trinajstić information content (AvgIpc) is 2.57. The Morgan fingerprint density at radius 2 is 1.59 bits per heavy atom. The first-order valence-corrected chi connectivity index (χ1v) is 10.5. The lowest BCUT2D eigenvalue weighted by molar-refractivity contribution is -0.121. The minimum Gasteiger partial charge on any atom is -0.444 e. The zero-order valence-electron chi connectivity index (χ0n) is 17.0. The number of nitrogens with one attached hydrogen (secondary N) is 4. The summed E-state index contributed by atoms with van der Waals surface area (Å²) < 4.78 is 31.8. The largest absolute Gasteiger partial charge is 0.444 e. The Morgan fingerprint density at radius 3 is 2.14 bits per heavy atom. The van der Waals surface area contributed by atoms with Gasteiger partial charge >= 0.3 is 6.09 Å². The van der Waals surface area contributed by atoms with E-state index in [0.29, 0.717) is 5.69 Å². The van der Waals surface area contributed by atoms with Crippen LogP contribution in [0.2, 0.25) is 0 Å². The highest BCUT2D eigenvalue weighted by molar-refractivity contribution is 7.89. The summed E-state index contributed by atoms with van der Waals surface area (Å²) in [7, 11) is -3.74. The minimum atomic E-state index is -3.74. The van der Waals surface area contributed by atoms with Crippen molar-refractivity contribution in [1.29, 1.82) is 0 Å². The van der Waals surface area contributed by atoms with Gasteiger partial charge in [-0.1, -0.05) is 0 Å². The molecule has 1 aromatic carbocycles. The van der Waals surface area contributed by atoms with E-state index in [9.17, 15) is 22.8 Å². The standard InChI is InChI=1S/C18H28N4O6S/c1-13(23)22-14-5-7-15(8-6-14)29(26,27)21-12-11-19-16(24)9-10-20-17(25)28-18(2,3)4/h5-8,21H,9-12H2,1-4H3,(H,19,24)(H,20,25)(H,22,23). The lowest BCUT2D eigenvalue weighted by Gasteiger charge is -2.19. The van der Waals surface area contributed by atoms with Crippen LogP contribution in [-0.4, -0.2) is 51.6 Å². The van der Waals surface area contributed by atoms with Crippen LogP contribution in [0.3, 0.4) is 0 Å². The second kappa shape index (κ2) is 10.8. The summed E-state index contributed by atoms with van der Waals surface area (Å²) >= 11 is 0. The van der Waals surface area contributed by atoms with Crippen LogP contribution in [0.1, 0.15) is 34.1 Å². The topological polar surface area (TPSA) is 143 Å². The van der Waals surface area contributed by atoms with E-state index >= 15 is 0 Å². The third-order valence-electron chi connectivity index (χ3n) is 3.24. The van der Waals surface area contributed by atoms with E-state index in [1.54, 1.807) is 20.8 Å². The maximum absolute atomic E-state index is 12.2. The highest BCUT2D eigenvalue weighted by atomic mass is 32.2. The summed E-state index contributed by atoms with van der Waals surface area (Å²) in [6.07, 6.45) is -0.570. The summed E-state index contributed by atoms with van der Waals surface area (Å²) in [5, 5.41) is 7.56. The highest BCUT2D eigenvalue weighted by Crippen LogP contribution is 2.13. The van der Waals surface area contributed by atoms with Gasteiger partial charge in [-0.15, -0.1) is 0 Å². The van der Waals surface area contributed by atoms with Crippen molar-refractivity contribution in [2.75, 3.05) is 25.0 Å². The number of sulfonamides is 1. The van der Waals surface area contributed by atoms with Gasteiger partial charge in [0.2, 0.25) is 21.8 Å². The predicted molar refractivity (Wildman–Crippen MR) is 108 cm³/mol. The van der Waals surface area contributed by atoms with E-state index in [0.717, 1.165) is 0 Å². The number of rotatable bonds is 9. The molecule has 0 aromatic heterocycles. The summed E-state index contributed by atoms with van der Waals surface area (Å²) in [6, 6.07) is 5.70. The van der Waals surface area contributed by atoms with Crippen LogP contribution < -0.4 is 20.7 Å². The molecule has 0 aliphatic rings. The molecule has 0 aliphatic heterocycles. The van der Waals surface area contributed by atoms with Crippen LogP contribution in [0.4, 0.5) is 10.5 Å². The summed E-state index contributed by atoms with van der Waals surface area (Å²) in [5.74, 6) is -0.587. The number of carbonyl (C=O) groups is 3. The third-order valence-corrected chi connectivity index (χ3v) is 4.72. The molecule has 0 spiro atoms. The molecule has 0 saturated heterocycles. The van der Waals surface area contributed by atoms with Crippen molar-refractivity contribution in [2.24, 2.45) is 0 Å². The van der Waals surface area contributed by atoms with Crippen molar-refractivity contribution in [1.82, 2.24) is 15.4 Å². The van der Waals surface area contributed by atoms with E-state index < -0.39 is 21.7 Å². The van der Waals surface area contributed by atoms with Crippen LogP contribution >= 0.6 is 0 Å². The number of benzene rings is 1. The van der Waals surface area contributed by atoms with Gasteiger partial charge < -0.3 is 20.7 Å². The predicted octanol–water partition coefficient (Wildman–Crippen LogP) is 0.954. The molecule has 3 amide bonds. The van der Waals surface area contributed by atoms with E-state index in [1.807, 2.05) is 0 Å². The molecular weight excluding hydrogens is 400 g/mol. The Hall–Kier alpha value is -2.66. The fourth-order valence-corrected chi connectivity index (χ4v) is 3.10. The molecule has 0 atom stereocenters. The number of carbonyl (C=O) groups excluding carboxylic acids is 3. The van der Waals surface area contributed by atoms with Gasteiger partial charge in [-0.3, -0.25) is 9.59 Å². The lowest BCUT2D eigenvalue weighted by atomic mass is 10.2. The van der Waals surface area contributed by atoms with Gasteiger partial charge in [0.1, 0.15) is 5.60 Å². The maximum Gasteiger partial charge on any atom is 0.407 e. The van der Waals surface area contributed by atoms with Crippen LogP contribution in [0.5, 0.6) is 0 Å². The number of hydrogen-bond donors (Lipinski definition) is 4. The van der Waals surface area contributed by atoms with Crippen molar-refractivity contribution in [3.05, 3.63) is 24.3 Å². The molecule has 1 rings (SSSR count). The molecular formula is C18H28N4O6S. The fraction of sp³-hybridized carbons (Fsp3) is 0.500. The summed E-state index contributed by atoms with van der Waals surface area (Å²) in [6.45, 7) is 6.75. The molecule has 1 aromatic rings. The van der Waals surface area contributed by atoms with E-state index in [1.165, 1.54) is 31.2 Å². The molecule has 11 heteroatoms. The first-order valence-electron chi connectivity index (χ1n) is 9.00. The smallest absolute Gasteiger partial charge is 0.407 e. The molecule has 0 unspecified atom stereocenters. The molecule has 29 heavy (non-hydrogen) atoms. The normalized spacial score (nSPS) is 11.4. The van der Waals surface area contributed by atoms with E-state index in [-0.39, 0.29) is 42.8 Å². The number of hydrogen-bond acceptors (Lipinski definition) is 6. The van der Waals surface area contributed by atoms with Gasteiger partial charge in [0.05, 0.1) is 4.90 Å². The van der Waals surface area contributed by atoms with Crippen molar-refractivity contribution in [3.63, 3.8) is 0 Å². The first kappa shape index (κ1) is 24.4. The number of anilines is 1. The summed E-state index contributed by atoms with van der Waals surface area (Å²) in [4.78, 5) is 34.2. The third kappa shape index (κ3) is 10.5. The van der Waals surface area contributed by atoms with Gasteiger partial charge in [-0.2, -0.15) is 0 Å². The van der Waals surface area contributed by atoms with E-state index in [4.69, 9.17) is 4.74 Å². The van der Waals surface area contributed by atoms with Gasteiger partial charge in [-0.05, 0) is 45.0 Å². The van der Waals surface area contributed by atoms with Crippen LogP contribution in [0, 0.1) is 0 Å². The van der Waals surface area contributed by atoms with E-state index in [2.05, 4.69) is 20.7 Å². The monoisotopic (exact) mass is 428 g/mol. The van der Waals surface area contributed by atoms with Gasteiger partial charge in [0.15, 0.2) is 0 Å². The van der Waals surface area contributed by atoms with Crippen molar-refractivity contribution >= 4 is 33.6 Å². The molecule has 0 fully saturated rings. The second-order valence-corrected chi connectivity index (χ2v) is 8.90. The summed E-state index contributed by atoms with van der Waals surface area (Å²) in [5.41, 5.74) is -0.128. The SMILES string of the molecule is CC(=O)Nc1ccc(S(=O)(=O)NCCNC(=O)CCNC(=O)OC(C)(C)C)cc1. The number of ether oxygens (including phenoxy) is 1. The molecule has 162 valence electrons. The molecule has 0 aliphatic carbocycles. The lowest BCUT2D eigenvalue weighted by Crippen LogP contribution is -2.37. The van der Waals surface area contributed by atoms with Crippen molar-refractivity contribution in [3.8, 4) is 0 Å². The van der Waals surface area contributed by atoms with Gasteiger partial charge in [-0.25, -0.2) is 17.9 Å². The molecule has 0 heterocycles. The Morgan fingerprint density at radius 1 is 0.966 bits per heavy atom. The molecule has 0 bridgehead atoms.